The third-order valence-corrected chi connectivity index (χ3v) is 0.648. The minimum Gasteiger partial charge on any atom is -0.475 e. The number of carbonyl (C=O) groups is 1. The fourth-order valence-electron chi connectivity index (χ4n) is 0.215. The van der Waals surface area contributed by atoms with Gasteiger partial charge < -0.3 is 5.11 Å². The molecular weight excluding hydrogens is 208 g/mol. The molecule has 0 fully saturated rings. The number of rotatable bonds is 0. The van der Waals surface area contributed by atoms with E-state index >= 15 is 0 Å². The summed E-state index contributed by atoms with van der Waals surface area (Å²) in [5.41, 5.74) is 0. The topological polar surface area (TPSA) is 66.0 Å². The molecule has 0 aliphatic carbocycles. The summed E-state index contributed by atoms with van der Waals surface area (Å²) in [5, 5.41) is 13.3. The Balaban J connectivity index is 0. The second-order valence-corrected chi connectivity index (χ2v) is 1.57. The van der Waals surface area contributed by atoms with Crippen molar-refractivity contribution in [3.8, 4) is 0 Å². The highest BCUT2D eigenvalue weighted by atomic mass is 19.4. The van der Waals surface area contributed by atoms with Crippen molar-refractivity contribution in [3.63, 3.8) is 0 Å². The summed E-state index contributed by atoms with van der Waals surface area (Å²) in [6.07, 6.45) is -1.63. The molecule has 0 bridgehead atoms. The first-order valence-corrected chi connectivity index (χ1v) is 3.06. The molecule has 4 nitrogen and oxygen atoms in total. The van der Waals surface area contributed by atoms with Gasteiger partial charge in [0, 0.05) is 12.4 Å². The van der Waals surface area contributed by atoms with Crippen molar-refractivity contribution in [2.45, 2.75) is 6.18 Å². The fourth-order valence-corrected chi connectivity index (χ4v) is 0.215. The number of aromatic nitrogens is 2. The number of H-pyrrole nitrogens is 1. The Labute approximate surface area is 76.6 Å². The Kier molecular flexibility index (Phi) is 8.53. The number of hydrogen-bond donors (Lipinski definition) is 2. The molecule has 0 saturated carbocycles. The van der Waals surface area contributed by atoms with Crippen LogP contribution in [0.15, 0.2) is 18.5 Å². The summed E-state index contributed by atoms with van der Waals surface area (Å²) >= 11 is 0. The predicted octanol–water partition coefficient (Wildman–Crippen LogP) is 1.63. The molecule has 0 aliphatic rings. The Morgan fingerprint density at radius 1 is 1.43 bits per heavy atom. The molecule has 0 radical (unpaired) electrons. The van der Waals surface area contributed by atoms with Crippen LogP contribution >= 0.6 is 0 Å². The SMILES string of the molecule is CF.O=C(O)C(F)(F)F.c1cn[nH]c1. The Morgan fingerprint density at radius 3 is 1.93 bits per heavy atom. The summed E-state index contributed by atoms with van der Waals surface area (Å²) < 4.78 is 41.2. The maximum absolute atomic E-state index is 10.6. The number of alkyl halides is 4. The first-order valence-electron chi connectivity index (χ1n) is 3.06. The average molecular weight is 216 g/mol. The lowest BCUT2D eigenvalue weighted by Gasteiger charge is -1.93. The van der Waals surface area contributed by atoms with Gasteiger partial charge in [-0.3, -0.25) is 9.49 Å². The van der Waals surface area contributed by atoms with Gasteiger partial charge >= 0.3 is 12.1 Å². The highest BCUT2D eigenvalue weighted by Crippen LogP contribution is 2.13. The third-order valence-electron chi connectivity index (χ3n) is 0.648. The molecule has 0 spiro atoms. The van der Waals surface area contributed by atoms with E-state index < -0.39 is 12.1 Å². The smallest absolute Gasteiger partial charge is 0.475 e. The van der Waals surface area contributed by atoms with Crippen molar-refractivity contribution in [2.24, 2.45) is 0 Å². The second-order valence-electron chi connectivity index (χ2n) is 1.57. The normalized spacial score (nSPS) is 8.93. The van der Waals surface area contributed by atoms with Gasteiger partial charge in [0.15, 0.2) is 0 Å². The van der Waals surface area contributed by atoms with Gasteiger partial charge in [0.1, 0.15) is 0 Å². The van der Waals surface area contributed by atoms with E-state index in [1.165, 1.54) is 0 Å². The molecule has 1 aromatic heterocycles. The number of aromatic amines is 1. The van der Waals surface area contributed by atoms with E-state index in [0.717, 1.165) is 0 Å². The van der Waals surface area contributed by atoms with E-state index in [0.29, 0.717) is 7.18 Å². The molecular formula is C6H8F4N2O2. The molecule has 1 rings (SSSR count). The molecule has 0 unspecified atom stereocenters. The van der Waals surface area contributed by atoms with Crippen LogP contribution in [0.3, 0.4) is 0 Å². The highest BCUT2D eigenvalue weighted by Gasteiger charge is 2.38. The predicted molar refractivity (Wildman–Crippen MR) is 39.3 cm³/mol. The largest absolute Gasteiger partial charge is 0.490 e. The molecule has 14 heavy (non-hydrogen) atoms. The summed E-state index contributed by atoms with van der Waals surface area (Å²) in [4.78, 5) is 8.90. The minimum atomic E-state index is -5.08. The van der Waals surface area contributed by atoms with Gasteiger partial charge in [0.05, 0.1) is 7.18 Å². The van der Waals surface area contributed by atoms with E-state index in [-0.39, 0.29) is 0 Å². The maximum atomic E-state index is 10.6. The number of nitrogens with one attached hydrogen (secondary N) is 1. The Bertz CT molecular complexity index is 205. The molecule has 1 aromatic rings. The van der Waals surface area contributed by atoms with Crippen molar-refractivity contribution in [1.82, 2.24) is 10.2 Å². The molecule has 8 heteroatoms. The lowest BCUT2D eigenvalue weighted by Crippen LogP contribution is -2.21. The first-order chi connectivity index (χ1) is 6.44. The zero-order valence-corrected chi connectivity index (χ0v) is 7.05. The molecule has 1 heterocycles. The van der Waals surface area contributed by atoms with Gasteiger partial charge in [0.2, 0.25) is 0 Å². The maximum Gasteiger partial charge on any atom is 0.490 e. The lowest BCUT2D eigenvalue weighted by molar-refractivity contribution is -0.192. The summed E-state index contributed by atoms with van der Waals surface area (Å²) in [6, 6.07) is 1.83. The molecule has 0 amide bonds. The van der Waals surface area contributed by atoms with Gasteiger partial charge in [-0.25, -0.2) is 4.79 Å². The monoisotopic (exact) mass is 216 g/mol. The Morgan fingerprint density at radius 2 is 1.86 bits per heavy atom. The number of nitrogens with zero attached hydrogens (tertiary/aromatic N) is 1. The highest BCUT2D eigenvalue weighted by molar-refractivity contribution is 5.73. The van der Waals surface area contributed by atoms with Crippen LogP contribution in [0.25, 0.3) is 0 Å². The van der Waals surface area contributed by atoms with Crippen molar-refractivity contribution >= 4 is 5.97 Å². The van der Waals surface area contributed by atoms with Crippen LogP contribution in [-0.4, -0.2) is 34.6 Å². The van der Waals surface area contributed by atoms with Crippen molar-refractivity contribution < 1.29 is 27.5 Å². The van der Waals surface area contributed by atoms with E-state index in [2.05, 4.69) is 10.2 Å². The third kappa shape index (κ3) is 10.4. The van der Waals surface area contributed by atoms with E-state index in [4.69, 9.17) is 9.90 Å². The number of hydrogen-bond acceptors (Lipinski definition) is 2. The lowest BCUT2D eigenvalue weighted by atomic mass is 10.7. The average Bonchev–Trinajstić information content (AvgIpc) is 2.63. The van der Waals surface area contributed by atoms with Crippen LogP contribution < -0.4 is 0 Å². The number of halogens is 4. The fraction of sp³-hybridized carbons (Fsp3) is 0.333. The number of carboxylic acid groups (broad SMARTS) is 1. The van der Waals surface area contributed by atoms with Crippen molar-refractivity contribution in [2.75, 3.05) is 7.18 Å². The van der Waals surface area contributed by atoms with Gasteiger partial charge in [-0.05, 0) is 6.07 Å². The molecule has 0 saturated heterocycles. The number of aliphatic carboxylic acids is 1. The van der Waals surface area contributed by atoms with Crippen molar-refractivity contribution in [1.29, 1.82) is 0 Å². The van der Waals surface area contributed by atoms with E-state index in [9.17, 15) is 17.6 Å². The van der Waals surface area contributed by atoms with Gasteiger partial charge in [-0.1, -0.05) is 0 Å². The minimum absolute atomic E-state index is 0.500. The van der Waals surface area contributed by atoms with Crippen LogP contribution in [0, 0.1) is 0 Å². The molecule has 0 atom stereocenters. The quantitative estimate of drug-likeness (QED) is 0.647. The first kappa shape index (κ1) is 14.9. The van der Waals surface area contributed by atoms with Crippen LogP contribution in [0.1, 0.15) is 0 Å². The zero-order valence-electron chi connectivity index (χ0n) is 7.05. The van der Waals surface area contributed by atoms with E-state index in [1.54, 1.807) is 12.4 Å². The number of carboxylic acids is 1. The van der Waals surface area contributed by atoms with E-state index in [1.807, 2.05) is 6.07 Å². The zero-order chi connectivity index (χ0) is 11.6. The molecule has 82 valence electrons. The standard InChI is InChI=1S/C3H4N2.C2HF3O2.CH3F/c1-2-4-5-3-1;3-2(4,5)1(6)7;1-2/h1-3H,(H,4,5);(H,6,7);1H3. The van der Waals surface area contributed by atoms with Gasteiger partial charge in [0.25, 0.3) is 0 Å². The summed E-state index contributed by atoms with van der Waals surface area (Å²) in [7, 11) is 0.500. The van der Waals surface area contributed by atoms with Crippen molar-refractivity contribution in [3.05, 3.63) is 18.5 Å². The molecule has 2 N–H and O–H groups in total. The van der Waals surface area contributed by atoms with Crippen LogP contribution in [0.2, 0.25) is 0 Å². The molecule has 0 aliphatic heterocycles. The van der Waals surface area contributed by atoms with Gasteiger partial charge in [-0.2, -0.15) is 18.3 Å². The van der Waals surface area contributed by atoms with Crippen LogP contribution in [-0.2, 0) is 4.79 Å². The molecule has 0 aromatic carbocycles. The van der Waals surface area contributed by atoms with Crippen LogP contribution in [0.5, 0.6) is 0 Å². The van der Waals surface area contributed by atoms with Crippen LogP contribution in [0.4, 0.5) is 17.6 Å². The summed E-state index contributed by atoms with van der Waals surface area (Å²) in [5.74, 6) is -2.76. The second kappa shape index (κ2) is 8.02. The van der Waals surface area contributed by atoms with Gasteiger partial charge in [-0.15, -0.1) is 0 Å². The summed E-state index contributed by atoms with van der Waals surface area (Å²) in [6.45, 7) is 0. The Hall–Kier alpha value is -1.60.